The Kier molecular flexibility index (Phi) is 6.90. The quantitative estimate of drug-likeness (QED) is 0.125. The number of nitrogens with zero attached hydrogens (tertiary/aromatic N) is 1. The Morgan fingerprint density at radius 3 is 1.73 bits per heavy atom. The molecule has 0 unspecified atom stereocenters. The van der Waals surface area contributed by atoms with Crippen LogP contribution in [0.3, 0.4) is 0 Å². The highest BCUT2D eigenvalue weighted by Crippen LogP contribution is 2.50. The average molecular weight is 777 g/mol. The third kappa shape index (κ3) is 5.63. The number of fused-ring (bicyclic) bond motifs is 6. The van der Waals surface area contributed by atoms with E-state index in [1.807, 2.05) is 0 Å². The normalized spacial score (nSPS) is 15.7. The van der Waals surface area contributed by atoms with E-state index in [-0.39, 0.29) is 82.8 Å². The number of nitrogen functional groups attached to an aromatic ring is 1. The van der Waals surface area contributed by atoms with Crippen LogP contribution >= 0.6 is 0 Å². The maximum atomic E-state index is 12.6. The summed E-state index contributed by atoms with van der Waals surface area (Å²) in [5.74, 6) is -1.86. The lowest BCUT2D eigenvalue weighted by Gasteiger charge is -2.17. The summed E-state index contributed by atoms with van der Waals surface area (Å²) in [5, 5.41) is -0.306. The van der Waals surface area contributed by atoms with Crippen LogP contribution in [0.15, 0.2) is 77.2 Å². The Morgan fingerprint density at radius 1 is 0.647 bits per heavy atom. The van der Waals surface area contributed by atoms with Crippen LogP contribution in [0.1, 0.15) is 0 Å². The molecule has 0 atom stereocenters. The average Bonchev–Trinajstić information content (AvgIpc) is 3.46. The molecule has 51 heavy (non-hydrogen) atoms. The van der Waals surface area contributed by atoms with E-state index in [9.17, 15) is 42.8 Å². The first-order chi connectivity index (χ1) is 23.9. The van der Waals surface area contributed by atoms with Gasteiger partial charge in [-0.05, 0) is 24.3 Å². The van der Waals surface area contributed by atoms with E-state index < -0.39 is 53.1 Å². The summed E-state index contributed by atoms with van der Waals surface area (Å²) >= 11 is 0. The molecule has 1 aromatic heterocycles. The van der Waals surface area contributed by atoms with E-state index in [1.54, 1.807) is 12.1 Å². The first-order valence-corrected chi connectivity index (χ1v) is 19.3. The van der Waals surface area contributed by atoms with Crippen molar-refractivity contribution in [2.45, 2.75) is 0 Å². The maximum absolute atomic E-state index is 12.6. The molecule has 0 saturated heterocycles. The lowest BCUT2D eigenvalue weighted by atomic mass is 9.97. The van der Waals surface area contributed by atoms with Crippen LogP contribution in [0.5, 0.6) is 23.0 Å². The van der Waals surface area contributed by atoms with Crippen LogP contribution in [0, 0.1) is 0 Å². The second kappa shape index (κ2) is 10.8. The molecule has 2 bridgehead atoms. The van der Waals surface area contributed by atoms with Crippen molar-refractivity contribution < 1.29 is 67.6 Å². The summed E-state index contributed by atoms with van der Waals surface area (Å²) in [7, 11) is -20.8. The topological polar surface area (TPSA) is 275 Å². The Bertz CT molecular complexity index is 3050. The van der Waals surface area contributed by atoms with Gasteiger partial charge in [0.05, 0.1) is 16.6 Å². The molecule has 8 rings (SSSR count). The highest BCUT2D eigenvalue weighted by atomic mass is 32.3. The van der Waals surface area contributed by atoms with E-state index in [0.29, 0.717) is 0 Å². The third-order valence-electron chi connectivity index (χ3n) is 7.71. The van der Waals surface area contributed by atoms with Crippen molar-refractivity contribution in [2.24, 2.45) is 0 Å². The van der Waals surface area contributed by atoms with Crippen LogP contribution in [0.2, 0.25) is 0 Å². The van der Waals surface area contributed by atoms with Crippen molar-refractivity contribution in [2.75, 3.05) is 5.73 Å². The fraction of sp³-hybridized carbons (Fsp3) is 0. The highest BCUT2D eigenvalue weighted by molar-refractivity contribution is 7.95. The number of anilines is 1. The van der Waals surface area contributed by atoms with Crippen LogP contribution in [-0.4, -0.2) is 47.8 Å². The number of hydrogen-bond acceptors (Lipinski definition) is 16. The van der Waals surface area contributed by atoms with E-state index >= 15 is 0 Å². The summed E-state index contributed by atoms with van der Waals surface area (Å²) in [5.41, 5.74) is 6.25. The van der Waals surface area contributed by atoms with Crippen LogP contribution in [0.25, 0.3) is 65.6 Å². The number of rotatable bonds is 5. The van der Waals surface area contributed by atoms with E-state index in [1.165, 1.54) is 60.7 Å². The van der Waals surface area contributed by atoms with Gasteiger partial charge in [-0.3, -0.25) is 9.11 Å². The first-order valence-electron chi connectivity index (χ1n) is 13.9. The molecule has 7 aromatic rings. The maximum Gasteiger partial charge on any atom is 0.466 e. The Morgan fingerprint density at radius 2 is 1.16 bits per heavy atom. The van der Waals surface area contributed by atoms with Crippen molar-refractivity contribution >= 4 is 101 Å². The minimum atomic E-state index is -5.22. The molecule has 1 aliphatic heterocycles. The van der Waals surface area contributed by atoms with Gasteiger partial charge in [-0.1, -0.05) is 52.2 Å². The van der Waals surface area contributed by atoms with Gasteiger partial charge in [0.15, 0.2) is 28.6 Å². The predicted molar refractivity (Wildman–Crippen MR) is 178 cm³/mol. The number of nitrogens with two attached hydrogens (primary N) is 1. The van der Waals surface area contributed by atoms with Gasteiger partial charge in [0.1, 0.15) is 5.52 Å². The van der Waals surface area contributed by atoms with Gasteiger partial charge in [-0.25, -0.2) is 4.98 Å². The summed E-state index contributed by atoms with van der Waals surface area (Å²) in [6.45, 7) is 0. The zero-order valence-corrected chi connectivity index (χ0v) is 28.0. The molecule has 0 aliphatic carbocycles. The molecule has 1 aliphatic rings. The lowest BCUT2D eigenvalue weighted by Crippen LogP contribution is -2.21. The van der Waals surface area contributed by atoms with Crippen molar-refractivity contribution in [3.8, 4) is 34.5 Å². The van der Waals surface area contributed by atoms with Crippen LogP contribution in [-0.2, 0) is 45.2 Å². The van der Waals surface area contributed by atoms with E-state index in [4.69, 9.17) is 26.9 Å². The molecule has 262 valence electrons. The number of benzene rings is 6. The monoisotopic (exact) mass is 776 g/mol. The molecule has 0 saturated carbocycles. The number of hydrogen-bond donors (Lipinski definition) is 3. The molecular formula is C29H16N2O16S4. The fourth-order valence-electron chi connectivity index (χ4n) is 5.93. The summed E-state index contributed by atoms with van der Waals surface area (Å²) < 4.78 is 148. The Hall–Kier alpha value is -5.49. The fourth-order valence-corrected chi connectivity index (χ4v) is 8.51. The van der Waals surface area contributed by atoms with Crippen molar-refractivity contribution in [3.05, 3.63) is 72.8 Å². The van der Waals surface area contributed by atoms with Crippen LogP contribution in [0.4, 0.5) is 5.69 Å². The first kappa shape index (κ1) is 32.7. The van der Waals surface area contributed by atoms with Gasteiger partial charge in [0.2, 0.25) is 5.89 Å². The highest BCUT2D eigenvalue weighted by Gasteiger charge is 2.34. The number of oxazole rings is 1. The van der Waals surface area contributed by atoms with Gasteiger partial charge in [0.25, 0.3) is 0 Å². The molecule has 22 heteroatoms. The third-order valence-corrected chi connectivity index (χ3v) is 10.5. The van der Waals surface area contributed by atoms with Gasteiger partial charge in [0, 0.05) is 37.7 Å². The number of aromatic nitrogens is 1. The van der Waals surface area contributed by atoms with Crippen molar-refractivity contribution in [1.29, 1.82) is 0 Å². The molecule has 0 radical (unpaired) electrons. The Balaban J connectivity index is 1.43. The van der Waals surface area contributed by atoms with Gasteiger partial charge < -0.3 is 26.9 Å². The molecule has 0 spiro atoms. The summed E-state index contributed by atoms with van der Waals surface area (Å²) in [6.07, 6.45) is 0. The molecule has 0 fully saturated rings. The van der Waals surface area contributed by atoms with E-state index in [2.05, 4.69) is 8.61 Å². The van der Waals surface area contributed by atoms with Crippen molar-refractivity contribution in [1.82, 2.24) is 4.98 Å². The summed E-state index contributed by atoms with van der Waals surface area (Å²) in [4.78, 5) is 4.45. The standard InChI is InChI=1S/C29H16N2O16S4/c30-24-18(10-9-17-23(24)28(44-49(35,36)37)16-8-4-3-7-15(16)25(17)43-48(32,33)34)29-31-21-11-19-20(12-22(21)42-29)27-14-6-2-1-5-13(14)26(19)45-50(38,39)47-51(40,41)46-27/h1-12H,30H2,(H,32,33,34)(H,35,36,37). The van der Waals surface area contributed by atoms with Gasteiger partial charge >= 0.3 is 41.6 Å². The SMILES string of the molecule is Nc1c(-c2nc3cc4c5c6ccccc6c(c4cc3o2)OS(=O)(=O)OS(=O)(=O)O5)ccc2c(OS(=O)(=O)O)c3ccccc3c(OS(=O)(=O)O)c12. The zero-order chi connectivity index (χ0) is 36.2. The molecule has 0 amide bonds. The van der Waals surface area contributed by atoms with Gasteiger partial charge in [-0.15, -0.1) is 0 Å². The predicted octanol–water partition coefficient (Wildman–Crippen LogP) is 4.33. The summed E-state index contributed by atoms with van der Waals surface area (Å²) in [6, 6.07) is 16.8. The molecule has 4 N–H and O–H groups in total. The minimum Gasteiger partial charge on any atom is -0.436 e. The molecular weight excluding hydrogens is 761 g/mol. The zero-order valence-electron chi connectivity index (χ0n) is 24.7. The second-order valence-corrected chi connectivity index (χ2v) is 15.4. The molecule has 18 nitrogen and oxygen atoms in total. The van der Waals surface area contributed by atoms with Gasteiger partial charge in [-0.2, -0.15) is 33.7 Å². The van der Waals surface area contributed by atoms with Crippen LogP contribution < -0.4 is 22.5 Å². The lowest BCUT2D eigenvalue weighted by molar-refractivity contribution is 0.356. The smallest absolute Gasteiger partial charge is 0.436 e. The largest absolute Gasteiger partial charge is 0.466 e. The minimum absolute atomic E-state index is 0.00758. The Labute approximate surface area is 286 Å². The second-order valence-electron chi connectivity index (χ2n) is 10.8. The molecule has 2 heterocycles. The van der Waals surface area contributed by atoms with E-state index in [0.717, 1.165) is 0 Å². The molecule has 6 aromatic carbocycles. The van der Waals surface area contributed by atoms with Crippen molar-refractivity contribution in [3.63, 3.8) is 0 Å².